The van der Waals surface area contributed by atoms with E-state index in [1.165, 1.54) is 0 Å². The quantitative estimate of drug-likeness (QED) is 0.792. The Kier molecular flexibility index (Phi) is 5.05. The van der Waals surface area contributed by atoms with Crippen LogP contribution in [-0.4, -0.2) is 11.9 Å². The average Bonchev–Trinajstić information content (AvgIpc) is 2.34. The van der Waals surface area contributed by atoms with Crippen LogP contribution in [0.25, 0.3) is 0 Å². The number of unbranched alkanes of at least 4 members (excludes halogenated alkanes) is 1. The molecule has 86 valence electrons. The Bertz CT molecular complexity index is 349. The molecule has 0 aliphatic carbocycles. The molecule has 1 aromatic rings. The van der Waals surface area contributed by atoms with Crippen LogP contribution in [0.4, 0.5) is 0 Å². The number of carbonyl (C=O) groups excluding carboxylic acids is 2. The summed E-state index contributed by atoms with van der Waals surface area (Å²) >= 11 is 0. The van der Waals surface area contributed by atoms with Crippen LogP contribution in [0.15, 0.2) is 30.3 Å². The topological polar surface area (TPSA) is 55.4 Å². The van der Waals surface area contributed by atoms with Gasteiger partial charge >= 0.3 is 5.97 Å². The van der Waals surface area contributed by atoms with Crippen molar-refractivity contribution in [3.05, 3.63) is 35.9 Å². The van der Waals surface area contributed by atoms with Gasteiger partial charge in [0.25, 0.3) is 5.91 Å². The zero-order valence-corrected chi connectivity index (χ0v) is 9.23. The molecule has 4 heteroatoms. The third-order valence-corrected chi connectivity index (χ3v) is 2.03. The second-order valence-corrected chi connectivity index (χ2v) is 3.37. The molecule has 0 aliphatic rings. The Labute approximate surface area is 94.6 Å². The van der Waals surface area contributed by atoms with Crippen molar-refractivity contribution in [2.45, 2.75) is 26.2 Å². The van der Waals surface area contributed by atoms with Crippen molar-refractivity contribution in [2.24, 2.45) is 0 Å². The van der Waals surface area contributed by atoms with Gasteiger partial charge < -0.3 is 4.84 Å². The number of hydrogen-bond acceptors (Lipinski definition) is 3. The third-order valence-electron chi connectivity index (χ3n) is 2.03. The SMILES string of the molecule is CCCCC(=O)ONC(=O)c1ccccc1. The normalized spacial score (nSPS) is 9.56. The van der Waals surface area contributed by atoms with Crippen LogP contribution >= 0.6 is 0 Å². The first kappa shape index (κ1) is 12.2. The minimum atomic E-state index is -0.412. The summed E-state index contributed by atoms with van der Waals surface area (Å²) in [5.74, 6) is -0.823. The molecule has 0 radical (unpaired) electrons. The maximum absolute atomic E-state index is 11.4. The molecule has 4 nitrogen and oxygen atoms in total. The average molecular weight is 221 g/mol. The van der Waals surface area contributed by atoms with Crippen molar-refractivity contribution in [3.8, 4) is 0 Å². The molecule has 0 aliphatic heterocycles. The monoisotopic (exact) mass is 221 g/mol. The van der Waals surface area contributed by atoms with Gasteiger partial charge in [-0.2, -0.15) is 5.48 Å². The third kappa shape index (κ3) is 4.13. The maximum atomic E-state index is 11.4. The molecule has 1 aromatic carbocycles. The number of amides is 1. The highest BCUT2D eigenvalue weighted by Crippen LogP contribution is 1.99. The van der Waals surface area contributed by atoms with Crippen LogP contribution in [0.3, 0.4) is 0 Å². The molecule has 0 atom stereocenters. The van der Waals surface area contributed by atoms with E-state index < -0.39 is 11.9 Å². The predicted molar refractivity (Wildman–Crippen MR) is 59.5 cm³/mol. The lowest BCUT2D eigenvalue weighted by molar-refractivity contribution is -0.149. The summed E-state index contributed by atoms with van der Waals surface area (Å²) in [6, 6.07) is 8.59. The van der Waals surface area contributed by atoms with Crippen molar-refractivity contribution in [1.82, 2.24) is 5.48 Å². The highest BCUT2D eigenvalue weighted by Gasteiger charge is 2.07. The van der Waals surface area contributed by atoms with Gasteiger partial charge in [0.1, 0.15) is 0 Å². The Balaban J connectivity index is 2.33. The fourth-order valence-corrected chi connectivity index (χ4v) is 1.12. The summed E-state index contributed by atoms with van der Waals surface area (Å²) in [6.45, 7) is 1.98. The van der Waals surface area contributed by atoms with Crippen LogP contribution in [-0.2, 0) is 9.63 Å². The van der Waals surface area contributed by atoms with E-state index in [2.05, 4.69) is 10.3 Å². The van der Waals surface area contributed by atoms with Crippen LogP contribution in [0, 0.1) is 0 Å². The molecule has 0 saturated heterocycles. The van der Waals surface area contributed by atoms with Crippen LogP contribution in [0.5, 0.6) is 0 Å². The van der Waals surface area contributed by atoms with Gasteiger partial charge in [0.15, 0.2) is 0 Å². The Morgan fingerprint density at radius 1 is 1.25 bits per heavy atom. The molecule has 16 heavy (non-hydrogen) atoms. The molecule has 1 N–H and O–H groups in total. The number of carbonyl (C=O) groups is 2. The molecule has 0 spiro atoms. The van der Waals surface area contributed by atoms with E-state index in [1.807, 2.05) is 13.0 Å². The molecular weight excluding hydrogens is 206 g/mol. The highest BCUT2D eigenvalue weighted by molar-refractivity contribution is 5.94. The summed E-state index contributed by atoms with van der Waals surface area (Å²) in [6.07, 6.45) is 2.01. The van der Waals surface area contributed by atoms with E-state index in [9.17, 15) is 9.59 Å². The fraction of sp³-hybridized carbons (Fsp3) is 0.333. The second-order valence-electron chi connectivity index (χ2n) is 3.37. The molecule has 1 amide bonds. The van der Waals surface area contributed by atoms with E-state index >= 15 is 0 Å². The lowest BCUT2D eigenvalue weighted by Crippen LogP contribution is -2.26. The van der Waals surface area contributed by atoms with Gasteiger partial charge in [0.2, 0.25) is 0 Å². The minimum Gasteiger partial charge on any atom is -0.341 e. The summed E-state index contributed by atoms with van der Waals surface area (Å²) < 4.78 is 0. The molecular formula is C12H15NO3. The van der Waals surface area contributed by atoms with E-state index in [-0.39, 0.29) is 0 Å². The van der Waals surface area contributed by atoms with Gasteiger partial charge in [-0.05, 0) is 18.6 Å². The number of hydroxylamine groups is 1. The summed E-state index contributed by atoms with van der Waals surface area (Å²) in [7, 11) is 0. The number of nitrogens with one attached hydrogen (secondary N) is 1. The van der Waals surface area contributed by atoms with Crippen molar-refractivity contribution in [3.63, 3.8) is 0 Å². The number of hydrogen-bond donors (Lipinski definition) is 1. The maximum Gasteiger partial charge on any atom is 0.332 e. The van der Waals surface area contributed by atoms with Gasteiger partial charge in [0, 0.05) is 12.0 Å². The van der Waals surface area contributed by atoms with Crippen molar-refractivity contribution in [2.75, 3.05) is 0 Å². The van der Waals surface area contributed by atoms with Gasteiger partial charge in [-0.15, -0.1) is 0 Å². The van der Waals surface area contributed by atoms with Gasteiger partial charge in [-0.25, -0.2) is 4.79 Å². The summed E-state index contributed by atoms with van der Waals surface area (Å²) in [5.41, 5.74) is 2.58. The Morgan fingerprint density at radius 3 is 2.56 bits per heavy atom. The number of benzene rings is 1. The van der Waals surface area contributed by atoms with Crippen molar-refractivity contribution >= 4 is 11.9 Å². The van der Waals surface area contributed by atoms with Crippen molar-refractivity contribution in [1.29, 1.82) is 0 Å². The smallest absolute Gasteiger partial charge is 0.332 e. The second kappa shape index (κ2) is 6.61. The van der Waals surface area contributed by atoms with Gasteiger partial charge in [-0.3, -0.25) is 4.79 Å². The fourth-order valence-electron chi connectivity index (χ4n) is 1.12. The predicted octanol–water partition coefficient (Wildman–Crippen LogP) is 2.06. The zero-order chi connectivity index (χ0) is 11.8. The van der Waals surface area contributed by atoms with Crippen LogP contribution in [0.2, 0.25) is 0 Å². The zero-order valence-electron chi connectivity index (χ0n) is 9.23. The molecule has 0 fully saturated rings. The van der Waals surface area contributed by atoms with Gasteiger partial charge in [0.05, 0.1) is 0 Å². The molecule has 0 aromatic heterocycles. The standard InChI is InChI=1S/C12H15NO3/c1-2-3-9-11(14)16-13-12(15)10-7-5-4-6-8-10/h4-8H,2-3,9H2,1H3,(H,13,15). The summed E-state index contributed by atoms with van der Waals surface area (Å²) in [5, 5.41) is 0. The minimum absolute atomic E-state index is 0.325. The molecule has 0 unspecified atom stereocenters. The molecule has 0 heterocycles. The van der Waals surface area contributed by atoms with E-state index in [0.717, 1.165) is 12.8 Å². The summed E-state index contributed by atoms with van der Waals surface area (Å²) in [4.78, 5) is 27.2. The van der Waals surface area contributed by atoms with Crippen LogP contribution < -0.4 is 5.48 Å². The van der Waals surface area contributed by atoms with Crippen LogP contribution in [0.1, 0.15) is 36.5 Å². The highest BCUT2D eigenvalue weighted by atomic mass is 16.7. The van der Waals surface area contributed by atoms with E-state index in [1.54, 1.807) is 24.3 Å². The molecule has 1 rings (SSSR count). The van der Waals surface area contributed by atoms with Gasteiger partial charge in [-0.1, -0.05) is 31.5 Å². The molecule has 0 bridgehead atoms. The number of rotatable bonds is 4. The largest absolute Gasteiger partial charge is 0.341 e. The Morgan fingerprint density at radius 2 is 1.94 bits per heavy atom. The first-order chi connectivity index (χ1) is 7.74. The lowest BCUT2D eigenvalue weighted by Gasteiger charge is -2.04. The Hall–Kier alpha value is -1.84. The molecule has 0 saturated carbocycles. The van der Waals surface area contributed by atoms with Crippen molar-refractivity contribution < 1.29 is 14.4 Å². The first-order valence-electron chi connectivity index (χ1n) is 5.29. The lowest BCUT2D eigenvalue weighted by atomic mass is 10.2. The van der Waals surface area contributed by atoms with E-state index in [0.29, 0.717) is 12.0 Å². The first-order valence-corrected chi connectivity index (χ1v) is 5.29. The van der Waals surface area contributed by atoms with E-state index in [4.69, 9.17) is 0 Å².